The van der Waals surface area contributed by atoms with Gasteiger partial charge in [0.2, 0.25) is 0 Å². The molecule has 1 aromatic heterocycles. The largest absolute Gasteiger partial charge is 0.422 e. The van der Waals surface area contributed by atoms with Crippen LogP contribution in [0.5, 0.6) is 0 Å². The Labute approximate surface area is 68.2 Å². The van der Waals surface area contributed by atoms with Gasteiger partial charge in [0.05, 0.1) is 5.56 Å². The summed E-state index contributed by atoms with van der Waals surface area (Å²) in [6.07, 6.45) is 0. The number of nitrogen functional groups attached to an aromatic ring is 1. The Morgan fingerprint density at radius 2 is 2.33 bits per heavy atom. The number of nitrogens with zero attached hydrogens (tertiary/aromatic N) is 2. The topological polar surface area (TPSA) is 75.8 Å². The molecule has 4 nitrogen and oxygen atoms in total. The molecule has 0 amide bonds. The van der Waals surface area contributed by atoms with Crippen LogP contribution >= 0.6 is 0 Å². The van der Waals surface area contributed by atoms with Crippen molar-refractivity contribution in [3.63, 3.8) is 0 Å². The maximum absolute atomic E-state index is 8.67. The van der Waals surface area contributed by atoms with E-state index in [9.17, 15) is 0 Å². The minimum absolute atomic E-state index is 0.0905. The number of hydrogen-bond donors (Lipinski definition) is 1. The van der Waals surface area contributed by atoms with Gasteiger partial charge >= 0.3 is 0 Å². The van der Waals surface area contributed by atoms with E-state index in [1.807, 2.05) is 6.07 Å². The highest BCUT2D eigenvalue weighted by molar-refractivity contribution is 5.80. The first-order valence-electron chi connectivity index (χ1n) is 3.36. The van der Waals surface area contributed by atoms with E-state index in [0.717, 1.165) is 0 Å². The van der Waals surface area contributed by atoms with Crippen LogP contribution in [0, 0.1) is 11.3 Å². The van der Waals surface area contributed by atoms with Crippen molar-refractivity contribution < 1.29 is 4.42 Å². The van der Waals surface area contributed by atoms with Crippen LogP contribution in [-0.4, -0.2) is 4.98 Å². The molecule has 0 saturated heterocycles. The summed E-state index contributed by atoms with van der Waals surface area (Å²) >= 11 is 0. The van der Waals surface area contributed by atoms with Gasteiger partial charge in [0.25, 0.3) is 6.01 Å². The number of nitriles is 1. The van der Waals surface area contributed by atoms with Gasteiger partial charge in [-0.05, 0) is 12.1 Å². The molecule has 0 unspecified atom stereocenters. The number of anilines is 1. The number of para-hydroxylation sites is 1. The van der Waals surface area contributed by atoms with Crippen molar-refractivity contribution in [2.75, 3.05) is 5.73 Å². The van der Waals surface area contributed by atoms with Crippen LogP contribution in [0.4, 0.5) is 6.01 Å². The average Bonchev–Trinajstić information content (AvgIpc) is 2.44. The van der Waals surface area contributed by atoms with Crippen LogP contribution in [0.1, 0.15) is 5.56 Å². The van der Waals surface area contributed by atoms with Crippen LogP contribution in [0.25, 0.3) is 11.1 Å². The van der Waals surface area contributed by atoms with Crippen molar-refractivity contribution >= 4 is 17.1 Å². The molecule has 0 aliphatic heterocycles. The zero-order chi connectivity index (χ0) is 8.55. The molecule has 0 aliphatic rings. The van der Waals surface area contributed by atoms with Gasteiger partial charge in [0.15, 0.2) is 5.58 Å². The number of oxazole rings is 1. The quantitative estimate of drug-likeness (QED) is 0.628. The molecule has 0 spiro atoms. The molecule has 2 aromatic rings. The number of fused-ring (bicyclic) bond motifs is 1. The second-order valence-electron chi connectivity index (χ2n) is 2.32. The molecule has 0 fully saturated rings. The Morgan fingerprint density at radius 3 is 3.08 bits per heavy atom. The van der Waals surface area contributed by atoms with Crippen molar-refractivity contribution in [3.05, 3.63) is 23.8 Å². The normalized spacial score (nSPS) is 9.92. The van der Waals surface area contributed by atoms with Crippen molar-refractivity contribution in [2.24, 2.45) is 0 Å². The third-order valence-corrected chi connectivity index (χ3v) is 1.55. The molecular formula is C8H5N3O. The van der Waals surface area contributed by atoms with Gasteiger partial charge in [-0.2, -0.15) is 10.2 Å². The lowest BCUT2D eigenvalue weighted by atomic mass is 10.2. The van der Waals surface area contributed by atoms with E-state index in [-0.39, 0.29) is 6.01 Å². The van der Waals surface area contributed by atoms with Gasteiger partial charge in [-0.25, -0.2) is 0 Å². The van der Waals surface area contributed by atoms with Crippen molar-refractivity contribution in [2.45, 2.75) is 0 Å². The smallest absolute Gasteiger partial charge is 0.293 e. The highest BCUT2D eigenvalue weighted by atomic mass is 16.4. The molecule has 0 bridgehead atoms. The van der Waals surface area contributed by atoms with Crippen LogP contribution in [0.2, 0.25) is 0 Å². The third-order valence-electron chi connectivity index (χ3n) is 1.55. The first kappa shape index (κ1) is 6.68. The molecule has 2 N–H and O–H groups in total. The lowest BCUT2D eigenvalue weighted by molar-refractivity contribution is 0.625. The summed E-state index contributed by atoms with van der Waals surface area (Å²) in [7, 11) is 0. The molecule has 0 atom stereocenters. The van der Waals surface area contributed by atoms with Crippen LogP contribution in [0.3, 0.4) is 0 Å². The minimum atomic E-state index is 0.0905. The molecule has 4 heteroatoms. The lowest BCUT2D eigenvalue weighted by Crippen LogP contribution is -1.80. The molecule has 0 saturated carbocycles. The van der Waals surface area contributed by atoms with E-state index < -0.39 is 0 Å². The maximum atomic E-state index is 8.67. The summed E-state index contributed by atoms with van der Waals surface area (Å²) in [4.78, 5) is 3.88. The van der Waals surface area contributed by atoms with E-state index in [1.54, 1.807) is 18.2 Å². The summed E-state index contributed by atoms with van der Waals surface area (Å²) in [6, 6.07) is 7.23. The SMILES string of the molecule is N#Cc1cccc2nc(N)oc12. The maximum Gasteiger partial charge on any atom is 0.293 e. The van der Waals surface area contributed by atoms with Gasteiger partial charge in [0, 0.05) is 0 Å². The van der Waals surface area contributed by atoms with Crippen LogP contribution in [-0.2, 0) is 0 Å². The second-order valence-corrected chi connectivity index (χ2v) is 2.32. The highest BCUT2D eigenvalue weighted by Gasteiger charge is 2.05. The average molecular weight is 159 g/mol. The summed E-state index contributed by atoms with van der Waals surface area (Å²) in [5.74, 6) is 0. The predicted octanol–water partition coefficient (Wildman–Crippen LogP) is 1.28. The number of rotatable bonds is 0. The Hall–Kier alpha value is -2.02. The van der Waals surface area contributed by atoms with E-state index in [2.05, 4.69) is 4.98 Å². The fourth-order valence-corrected chi connectivity index (χ4v) is 1.05. The van der Waals surface area contributed by atoms with Gasteiger partial charge < -0.3 is 10.2 Å². The Morgan fingerprint density at radius 1 is 1.50 bits per heavy atom. The van der Waals surface area contributed by atoms with E-state index >= 15 is 0 Å². The molecular weight excluding hydrogens is 154 g/mol. The zero-order valence-corrected chi connectivity index (χ0v) is 6.11. The summed E-state index contributed by atoms with van der Waals surface area (Å²) in [6.45, 7) is 0. The number of benzene rings is 1. The van der Waals surface area contributed by atoms with Crippen LogP contribution < -0.4 is 5.73 Å². The summed E-state index contributed by atoms with van der Waals surface area (Å²) in [5.41, 5.74) is 6.86. The predicted molar refractivity (Wildman–Crippen MR) is 43.1 cm³/mol. The van der Waals surface area contributed by atoms with Gasteiger partial charge in [-0.15, -0.1) is 0 Å². The molecule has 58 valence electrons. The van der Waals surface area contributed by atoms with Crippen LogP contribution in [0.15, 0.2) is 22.6 Å². The molecule has 0 radical (unpaired) electrons. The van der Waals surface area contributed by atoms with Crippen molar-refractivity contribution in [1.29, 1.82) is 5.26 Å². The van der Waals surface area contributed by atoms with E-state index in [0.29, 0.717) is 16.7 Å². The Balaban J connectivity index is 2.89. The van der Waals surface area contributed by atoms with Gasteiger partial charge in [-0.3, -0.25) is 0 Å². The number of hydrogen-bond acceptors (Lipinski definition) is 4. The van der Waals surface area contributed by atoms with E-state index in [4.69, 9.17) is 15.4 Å². The Bertz CT molecular complexity index is 467. The van der Waals surface area contributed by atoms with E-state index in [1.165, 1.54) is 0 Å². The van der Waals surface area contributed by atoms with Crippen molar-refractivity contribution in [1.82, 2.24) is 4.98 Å². The molecule has 1 aromatic carbocycles. The first-order valence-corrected chi connectivity index (χ1v) is 3.36. The molecule has 12 heavy (non-hydrogen) atoms. The molecule has 1 heterocycles. The summed E-state index contributed by atoms with van der Waals surface area (Å²) in [5, 5.41) is 8.67. The summed E-state index contributed by atoms with van der Waals surface area (Å²) < 4.78 is 5.03. The molecule has 0 aliphatic carbocycles. The lowest BCUT2D eigenvalue weighted by Gasteiger charge is -1.86. The third kappa shape index (κ3) is 0.805. The minimum Gasteiger partial charge on any atom is -0.422 e. The van der Waals surface area contributed by atoms with Crippen molar-refractivity contribution in [3.8, 4) is 6.07 Å². The highest BCUT2D eigenvalue weighted by Crippen LogP contribution is 2.19. The fourth-order valence-electron chi connectivity index (χ4n) is 1.05. The fraction of sp³-hybridized carbons (Fsp3) is 0. The number of aromatic nitrogens is 1. The standard InChI is InChI=1S/C8H5N3O/c9-4-5-2-1-3-6-7(5)12-8(10)11-6/h1-3H,(H2,10,11). The molecule has 2 rings (SSSR count). The van der Waals surface area contributed by atoms with Gasteiger partial charge in [-0.1, -0.05) is 6.07 Å². The first-order chi connectivity index (χ1) is 5.81. The second kappa shape index (κ2) is 2.24. The van der Waals surface area contributed by atoms with Gasteiger partial charge in [0.1, 0.15) is 11.6 Å². The monoisotopic (exact) mass is 159 g/mol. The number of nitrogens with two attached hydrogens (primary N) is 1. The zero-order valence-electron chi connectivity index (χ0n) is 6.11. The Kier molecular flexibility index (Phi) is 1.25.